The number of rotatable bonds is 6. The first kappa shape index (κ1) is 15.3. The second kappa shape index (κ2) is 6.56. The van der Waals surface area contributed by atoms with Crippen molar-refractivity contribution in [1.82, 2.24) is 19.7 Å². The molecule has 0 fully saturated rings. The number of hydrogen-bond donors (Lipinski definition) is 1. The van der Waals surface area contributed by atoms with Crippen molar-refractivity contribution in [3.8, 4) is 11.6 Å². The molecule has 6 heteroatoms. The number of nitrogens with one attached hydrogen (secondary N) is 1. The van der Waals surface area contributed by atoms with Crippen LogP contribution in [0, 0.1) is 6.92 Å². The molecular formula is C15H23N5O. The molecular weight excluding hydrogens is 266 g/mol. The van der Waals surface area contributed by atoms with Gasteiger partial charge in [0.15, 0.2) is 5.75 Å². The number of nitrogens with zero attached hydrogens (tertiary/aromatic N) is 4. The predicted octanol–water partition coefficient (Wildman–Crippen LogP) is 3.26. The molecule has 2 heterocycles. The third-order valence-corrected chi connectivity index (χ3v) is 3.07. The van der Waals surface area contributed by atoms with E-state index >= 15 is 0 Å². The van der Waals surface area contributed by atoms with Crippen molar-refractivity contribution < 1.29 is 4.74 Å². The first-order chi connectivity index (χ1) is 10.0. The van der Waals surface area contributed by atoms with E-state index in [-0.39, 0.29) is 5.92 Å². The lowest BCUT2D eigenvalue weighted by molar-refractivity contribution is 0.452. The zero-order chi connectivity index (χ0) is 15.4. The first-order valence-corrected chi connectivity index (χ1v) is 7.30. The Bertz CT molecular complexity index is 606. The minimum Gasteiger partial charge on any atom is -0.435 e. The molecule has 0 aliphatic heterocycles. The van der Waals surface area contributed by atoms with E-state index in [0.29, 0.717) is 11.6 Å². The lowest BCUT2D eigenvalue weighted by atomic mass is 10.2. The van der Waals surface area contributed by atoms with Crippen LogP contribution in [0.15, 0.2) is 12.4 Å². The summed E-state index contributed by atoms with van der Waals surface area (Å²) in [6.45, 7) is 9.11. The molecule has 0 atom stereocenters. The first-order valence-electron chi connectivity index (χ1n) is 7.30. The van der Waals surface area contributed by atoms with Crippen molar-refractivity contribution in [3.63, 3.8) is 0 Å². The Morgan fingerprint density at radius 3 is 2.67 bits per heavy atom. The van der Waals surface area contributed by atoms with Gasteiger partial charge in [-0.15, -0.1) is 0 Å². The van der Waals surface area contributed by atoms with Crippen molar-refractivity contribution in [1.29, 1.82) is 0 Å². The predicted molar refractivity (Wildman–Crippen MR) is 82.9 cm³/mol. The van der Waals surface area contributed by atoms with Crippen molar-refractivity contribution in [2.75, 3.05) is 11.9 Å². The molecule has 21 heavy (non-hydrogen) atoms. The Morgan fingerprint density at radius 1 is 1.33 bits per heavy atom. The smallest absolute Gasteiger partial charge is 0.227 e. The number of anilines is 1. The highest BCUT2D eigenvalue weighted by molar-refractivity contribution is 5.49. The van der Waals surface area contributed by atoms with Gasteiger partial charge < -0.3 is 10.1 Å². The normalized spacial score (nSPS) is 11.0. The summed E-state index contributed by atoms with van der Waals surface area (Å²) >= 11 is 0. The maximum Gasteiger partial charge on any atom is 0.227 e. The van der Waals surface area contributed by atoms with Crippen LogP contribution in [0.25, 0.3) is 0 Å². The van der Waals surface area contributed by atoms with Gasteiger partial charge >= 0.3 is 0 Å². The van der Waals surface area contributed by atoms with Crippen LogP contribution < -0.4 is 10.1 Å². The van der Waals surface area contributed by atoms with Gasteiger partial charge in [-0.05, 0) is 13.3 Å². The standard InChI is InChI=1S/C15H23N5O/c1-6-7-16-14-11(4)15(19-13(18-14)10(2)3)21-12-8-17-20(5)9-12/h8-10H,6-7H2,1-5H3,(H,16,18,19). The second-order valence-electron chi connectivity index (χ2n) is 5.39. The van der Waals surface area contributed by atoms with Gasteiger partial charge in [0.1, 0.15) is 11.6 Å². The van der Waals surface area contributed by atoms with Gasteiger partial charge in [0.05, 0.1) is 18.0 Å². The van der Waals surface area contributed by atoms with Crippen LogP contribution in [0.3, 0.4) is 0 Å². The van der Waals surface area contributed by atoms with E-state index in [1.165, 1.54) is 0 Å². The van der Waals surface area contributed by atoms with Gasteiger partial charge in [0, 0.05) is 19.5 Å². The Labute approximate surface area is 125 Å². The van der Waals surface area contributed by atoms with Gasteiger partial charge in [-0.25, -0.2) is 4.98 Å². The molecule has 6 nitrogen and oxygen atoms in total. The van der Waals surface area contributed by atoms with Crippen LogP contribution >= 0.6 is 0 Å². The SMILES string of the molecule is CCCNc1nc(C(C)C)nc(Oc2cnn(C)c2)c1C. The van der Waals surface area contributed by atoms with Crippen molar-refractivity contribution in [2.45, 2.75) is 40.0 Å². The largest absolute Gasteiger partial charge is 0.435 e. The van der Waals surface area contributed by atoms with E-state index in [1.54, 1.807) is 10.9 Å². The lowest BCUT2D eigenvalue weighted by Gasteiger charge is -2.14. The Hall–Kier alpha value is -2.11. The van der Waals surface area contributed by atoms with Gasteiger partial charge in [-0.3, -0.25) is 4.68 Å². The highest BCUT2D eigenvalue weighted by atomic mass is 16.5. The molecule has 2 aromatic heterocycles. The van der Waals surface area contributed by atoms with Crippen LogP contribution in [-0.2, 0) is 7.05 Å². The Morgan fingerprint density at radius 2 is 2.10 bits per heavy atom. The molecule has 0 saturated heterocycles. The number of aromatic nitrogens is 4. The zero-order valence-corrected chi connectivity index (χ0v) is 13.3. The van der Waals surface area contributed by atoms with E-state index in [9.17, 15) is 0 Å². The fraction of sp³-hybridized carbons (Fsp3) is 0.533. The fourth-order valence-electron chi connectivity index (χ4n) is 1.85. The lowest BCUT2D eigenvalue weighted by Crippen LogP contribution is -2.09. The number of hydrogen-bond acceptors (Lipinski definition) is 5. The summed E-state index contributed by atoms with van der Waals surface area (Å²) in [4.78, 5) is 9.13. The Balaban J connectivity index is 2.35. The molecule has 0 saturated carbocycles. The molecule has 0 spiro atoms. The monoisotopic (exact) mass is 289 g/mol. The molecule has 0 aliphatic rings. The van der Waals surface area contributed by atoms with Crippen LogP contribution in [0.2, 0.25) is 0 Å². The maximum absolute atomic E-state index is 5.87. The molecule has 0 amide bonds. The fourth-order valence-corrected chi connectivity index (χ4v) is 1.85. The van der Waals surface area contributed by atoms with E-state index in [2.05, 4.69) is 41.2 Å². The molecule has 2 aromatic rings. The summed E-state index contributed by atoms with van der Waals surface area (Å²) in [5, 5.41) is 7.44. The molecule has 0 unspecified atom stereocenters. The highest BCUT2D eigenvalue weighted by Crippen LogP contribution is 2.28. The molecule has 1 N–H and O–H groups in total. The van der Waals surface area contributed by atoms with E-state index < -0.39 is 0 Å². The highest BCUT2D eigenvalue weighted by Gasteiger charge is 2.15. The van der Waals surface area contributed by atoms with Gasteiger partial charge in [-0.1, -0.05) is 20.8 Å². The van der Waals surface area contributed by atoms with E-state index in [4.69, 9.17) is 4.74 Å². The van der Waals surface area contributed by atoms with E-state index in [0.717, 1.165) is 30.2 Å². The summed E-state index contributed by atoms with van der Waals surface area (Å²) in [6.07, 6.45) is 4.53. The van der Waals surface area contributed by atoms with Gasteiger partial charge in [-0.2, -0.15) is 10.1 Å². The summed E-state index contributed by atoms with van der Waals surface area (Å²) in [6, 6.07) is 0. The molecule has 0 bridgehead atoms. The molecule has 0 aliphatic carbocycles. The topological polar surface area (TPSA) is 64.9 Å². The maximum atomic E-state index is 5.87. The zero-order valence-electron chi connectivity index (χ0n) is 13.3. The van der Waals surface area contributed by atoms with Crippen LogP contribution in [0.1, 0.15) is 44.5 Å². The van der Waals surface area contributed by atoms with Crippen molar-refractivity contribution >= 4 is 5.82 Å². The number of aryl methyl sites for hydroxylation is 1. The van der Waals surface area contributed by atoms with Crippen molar-refractivity contribution in [2.24, 2.45) is 7.05 Å². The van der Waals surface area contributed by atoms with Crippen LogP contribution in [0.5, 0.6) is 11.6 Å². The molecule has 0 radical (unpaired) electrons. The summed E-state index contributed by atoms with van der Waals surface area (Å²) in [5.41, 5.74) is 0.914. The van der Waals surface area contributed by atoms with E-state index in [1.807, 2.05) is 20.2 Å². The average Bonchev–Trinajstić information content (AvgIpc) is 2.84. The third-order valence-electron chi connectivity index (χ3n) is 3.07. The van der Waals surface area contributed by atoms with Crippen LogP contribution in [-0.4, -0.2) is 26.3 Å². The minimum atomic E-state index is 0.240. The van der Waals surface area contributed by atoms with Gasteiger partial charge in [0.2, 0.25) is 5.88 Å². The van der Waals surface area contributed by atoms with Crippen molar-refractivity contribution in [3.05, 3.63) is 23.8 Å². The number of ether oxygens (including phenoxy) is 1. The molecule has 0 aromatic carbocycles. The van der Waals surface area contributed by atoms with Crippen LogP contribution in [0.4, 0.5) is 5.82 Å². The summed E-state index contributed by atoms with van der Waals surface area (Å²) in [7, 11) is 1.85. The quantitative estimate of drug-likeness (QED) is 0.884. The third kappa shape index (κ3) is 3.71. The summed E-state index contributed by atoms with van der Waals surface area (Å²) in [5.74, 6) is 3.12. The summed E-state index contributed by atoms with van der Waals surface area (Å²) < 4.78 is 7.57. The molecule has 2 rings (SSSR count). The Kier molecular flexibility index (Phi) is 4.77. The average molecular weight is 289 g/mol. The molecule has 114 valence electrons. The second-order valence-corrected chi connectivity index (χ2v) is 5.39. The minimum absolute atomic E-state index is 0.240. The van der Waals surface area contributed by atoms with Gasteiger partial charge in [0.25, 0.3) is 0 Å².